The molecule has 0 fully saturated rings. The lowest BCUT2D eigenvalue weighted by molar-refractivity contribution is 0.0953. The predicted molar refractivity (Wildman–Crippen MR) is 80.1 cm³/mol. The van der Waals surface area contributed by atoms with E-state index in [0.717, 1.165) is 0 Å². The number of carbonyl (C=O) groups is 1. The van der Waals surface area contributed by atoms with Crippen molar-refractivity contribution in [3.05, 3.63) is 29.3 Å². The van der Waals surface area contributed by atoms with Gasteiger partial charge in [0.1, 0.15) is 0 Å². The van der Waals surface area contributed by atoms with Crippen LogP contribution < -0.4 is 5.32 Å². The van der Waals surface area contributed by atoms with Gasteiger partial charge in [-0.1, -0.05) is 0 Å². The summed E-state index contributed by atoms with van der Waals surface area (Å²) in [6.07, 6.45) is 1.57. The van der Waals surface area contributed by atoms with Crippen molar-refractivity contribution in [3.63, 3.8) is 0 Å². The summed E-state index contributed by atoms with van der Waals surface area (Å²) in [5, 5.41) is 2.51. The second-order valence-electron chi connectivity index (χ2n) is 4.43. The highest BCUT2D eigenvalue weighted by molar-refractivity contribution is 8.13. The second-order valence-corrected chi connectivity index (χ2v) is 8.80. The van der Waals surface area contributed by atoms with E-state index in [1.54, 1.807) is 20.1 Å². The lowest BCUT2D eigenvalue weighted by atomic mass is 10.1. The topological polar surface area (TPSA) is 80.3 Å². The lowest BCUT2D eigenvalue weighted by Gasteiger charge is -2.11. The summed E-state index contributed by atoms with van der Waals surface area (Å²) in [4.78, 5) is 11.9. The van der Waals surface area contributed by atoms with Gasteiger partial charge < -0.3 is 5.32 Å². The zero-order chi connectivity index (χ0) is 15.5. The second kappa shape index (κ2) is 6.69. The molecule has 0 aliphatic carbocycles. The molecule has 8 heteroatoms. The molecule has 1 aromatic rings. The number of hydrogen-bond acceptors (Lipinski definition) is 4. The highest BCUT2D eigenvalue weighted by Gasteiger charge is 2.15. The van der Waals surface area contributed by atoms with E-state index in [9.17, 15) is 17.4 Å². The zero-order valence-corrected chi connectivity index (χ0v) is 13.7. The van der Waals surface area contributed by atoms with E-state index in [4.69, 9.17) is 10.7 Å². The largest absolute Gasteiger partial charge is 0.351 e. The number of halogens is 1. The Balaban J connectivity index is 2.88. The average Bonchev–Trinajstić information content (AvgIpc) is 2.34. The van der Waals surface area contributed by atoms with Crippen molar-refractivity contribution in [1.29, 1.82) is 0 Å². The molecule has 0 aliphatic heterocycles. The Kier molecular flexibility index (Phi) is 5.73. The third kappa shape index (κ3) is 4.57. The monoisotopic (exact) mass is 337 g/mol. The molecule has 1 aromatic carbocycles. The van der Waals surface area contributed by atoms with Crippen LogP contribution in [0.1, 0.15) is 22.8 Å². The van der Waals surface area contributed by atoms with E-state index in [1.807, 2.05) is 0 Å². The van der Waals surface area contributed by atoms with Crippen molar-refractivity contribution >= 4 is 36.4 Å². The minimum Gasteiger partial charge on any atom is -0.351 e. The highest BCUT2D eigenvalue weighted by atomic mass is 35.7. The molecular formula is C12H16ClNO4S2. The summed E-state index contributed by atoms with van der Waals surface area (Å²) < 4.78 is 33.6. The van der Waals surface area contributed by atoms with Gasteiger partial charge in [-0.15, -0.1) is 0 Å². The third-order valence-corrected chi connectivity index (χ3v) is 5.49. The number of aryl methyl sites for hydroxylation is 1. The van der Waals surface area contributed by atoms with E-state index >= 15 is 0 Å². The predicted octanol–water partition coefficient (Wildman–Crippen LogP) is 1.42. The molecule has 1 rings (SSSR count). The van der Waals surface area contributed by atoms with E-state index in [0.29, 0.717) is 11.1 Å². The fraction of sp³-hybridized carbons (Fsp3) is 0.417. The average molecular weight is 338 g/mol. The zero-order valence-electron chi connectivity index (χ0n) is 11.3. The normalized spacial score (nSPS) is 14.6. The van der Waals surface area contributed by atoms with Gasteiger partial charge in [-0.2, -0.15) is 0 Å². The maximum atomic E-state index is 12.0. The molecule has 5 nitrogen and oxygen atoms in total. The van der Waals surface area contributed by atoms with Crippen LogP contribution in [-0.2, 0) is 19.9 Å². The van der Waals surface area contributed by atoms with Gasteiger partial charge in [0.2, 0.25) is 0 Å². The summed E-state index contributed by atoms with van der Waals surface area (Å²) in [5.41, 5.74) is 0.873. The molecule has 0 radical (unpaired) electrons. The van der Waals surface area contributed by atoms with Crippen molar-refractivity contribution in [2.75, 3.05) is 12.8 Å². The summed E-state index contributed by atoms with van der Waals surface area (Å²) in [5.74, 6) is -0.335. The summed E-state index contributed by atoms with van der Waals surface area (Å²) in [6, 6.07) is 4.04. The summed E-state index contributed by atoms with van der Waals surface area (Å²) >= 11 is 0. The number of rotatable bonds is 5. The smallest absolute Gasteiger partial charge is 0.261 e. The minimum atomic E-state index is -3.80. The van der Waals surface area contributed by atoms with Crippen LogP contribution in [0.2, 0.25) is 0 Å². The Morgan fingerprint density at radius 1 is 1.45 bits per heavy atom. The van der Waals surface area contributed by atoms with Crippen molar-refractivity contribution in [1.82, 2.24) is 5.32 Å². The molecule has 1 amide bonds. The molecular weight excluding hydrogens is 322 g/mol. The molecule has 0 aliphatic rings. The lowest BCUT2D eigenvalue weighted by Crippen LogP contribution is -2.32. The fourth-order valence-electron chi connectivity index (χ4n) is 1.49. The van der Waals surface area contributed by atoms with E-state index in [-0.39, 0.29) is 22.6 Å². The molecule has 0 saturated carbocycles. The van der Waals surface area contributed by atoms with E-state index < -0.39 is 19.9 Å². The molecule has 2 atom stereocenters. The van der Waals surface area contributed by atoms with E-state index in [1.165, 1.54) is 18.2 Å². The maximum Gasteiger partial charge on any atom is 0.261 e. The molecule has 20 heavy (non-hydrogen) atoms. The quantitative estimate of drug-likeness (QED) is 0.824. The Morgan fingerprint density at radius 2 is 2.05 bits per heavy atom. The maximum absolute atomic E-state index is 12.0. The minimum absolute atomic E-state index is 0.0451. The Bertz CT molecular complexity index is 643. The Hall–Kier alpha value is -0.920. The van der Waals surface area contributed by atoms with Gasteiger partial charge in [-0.05, 0) is 37.6 Å². The fourth-order valence-corrected chi connectivity index (χ4v) is 2.65. The third-order valence-electron chi connectivity index (χ3n) is 2.84. The van der Waals surface area contributed by atoms with Gasteiger partial charge in [0.05, 0.1) is 4.90 Å². The number of carbonyl (C=O) groups excluding carboxylic acids is 1. The van der Waals surface area contributed by atoms with Gasteiger partial charge in [-0.25, -0.2) is 8.42 Å². The first-order valence-electron chi connectivity index (χ1n) is 5.78. The van der Waals surface area contributed by atoms with Gasteiger partial charge in [0.15, 0.2) is 0 Å². The van der Waals surface area contributed by atoms with Crippen LogP contribution in [0.5, 0.6) is 0 Å². The van der Waals surface area contributed by atoms with Crippen LogP contribution in [0, 0.1) is 6.92 Å². The van der Waals surface area contributed by atoms with Crippen LogP contribution in [-0.4, -0.2) is 36.6 Å². The molecule has 0 spiro atoms. The van der Waals surface area contributed by atoms with Gasteiger partial charge in [-0.3, -0.25) is 9.00 Å². The van der Waals surface area contributed by atoms with Crippen LogP contribution in [0.25, 0.3) is 0 Å². The van der Waals surface area contributed by atoms with Crippen molar-refractivity contribution in [2.45, 2.75) is 24.0 Å². The first kappa shape index (κ1) is 17.1. The molecule has 2 unspecified atom stereocenters. The highest BCUT2D eigenvalue weighted by Crippen LogP contribution is 2.18. The number of nitrogens with one attached hydrogen (secondary N) is 1. The first-order chi connectivity index (χ1) is 9.12. The van der Waals surface area contributed by atoms with Gasteiger partial charge in [0.25, 0.3) is 15.0 Å². The van der Waals surface area contributed by atoms with Crippen LogP contribution in [0.4, 0.5) is 0 Å². The molecule has 0 bridgehead atoms. The number of benzene rings is 1. The van der Waals surface area contributed by atoms with Crippen molar-refractivity contribution < 1.29 is 17.4 Å². The van der Waals surface area contributed by atoms with Gasteiger partial charge >= 0.3 is 0 Å². The Labute approximate surface area is 125 Å². The SMILES string of the molecule is Cc1cc(S(=O)(=O)Cl)ccc1C(=O)NCC(C)S(C)=O. The number of hydrogen-bond donors (Lipinski definition) is 1. The van der Waals surface area contributed by atoms with E-state index in [2.05, 4.69) is 5.32 Å². The summed E-state index contributed by atoms with van der Waals surface area (Å²) in [7, 11) is 0.418. The van der Waals surface area contributed by atoms with Crippen LogP contribution in [0.3, 0.4) is 0 Å². The van der Waals surface area contributed by atoms with Crippen LogP contribution >= 0.6 is 10.7 Å². The summed E-state index contributed by atoms with van der Waals surface area (Å²) in [6.45, 7) is 3.69. The van der Waals surface area contributed by atoms with Gasteiger partial charge in [0, 0.05) is 45.1 Å². The van der Waals surface area contributed by atoms with Crippen LogP contribution in [0.15, 0.2) is 23.1 Å². The molecule has 0 heterocycles. The standard InChI is InChI=1S/C12H16ClNO4S2/c1-8-6-10(20(13,17)18)4-5-11(8)12(15)14-7-9(2)19(3)16/h4-6,9H,7H2,1-3H3,(H,14,15). The first-order valence-corrected chi connectivity index (χ1v) is 9.71. The van der Waals surface area contributed by atoms with Crippen molar-refractivity contribution in [2.24, 2.45) is 0 Å². The molecule has 0 saturated heterocycles. The molecule has 0 aromatic heterocycles. The number of amides is 1. The molecule has 1 N–H and O–H groups in total. The molecule has 112 valence electrons. The van der Waals surface area contributed by atoms with Crippen molar-refractivity contribution in [3.8, 4) is 0 Å². The Morgan fingerprint density at radius 3 is 2.50 bits per heavy atom.